The van der Waals surface area contributed by atoms with Crippen LogP contribution in [0.15, 0.2) is 265 Å². The molecule has 0 unspecified atom stereocenters. The van der Waals surface area contributed by atoms with Crippen LogP contribution < -0.4 is 4.90 Å². The third-order valence-electron chi connectivity index (χ3n) is 14.6. The minimum atomic E-state index is -0.523. The van der Waals surface area contributed by atoms with Gasteiger partial charge in [-0.25, -0.2) is 0 Å². The molecule has 2 aromatic heterocycles. The molecule has 0 amide bonds. The molecule has 0 saturated carbocycles. The minimum absolute atomic E-state index is 0.523. The van der Waals surface area contributed by atoms with Crippen molar-refractivity contribution in [1.82, 2.24) is 0 Å². The van der Waals surface area contributed by atoms with Crippen molar-refractivity contribution in [3.63, 3.8) is 0 Å². The van der Waals surface area contributed by atoms with Crippen LogP contribution in [0.4, 0.5) is 17.1 Å². The van der Waals surface area contributed by atoms with Crippen molar-refractivity contribution in [3.05, 3.63) is 283 Å². The third kappa shape index (κ3) is 6.25. The van der Waals surface area contributed by atoms with Gasteiger partial charge in [0.2, 0.25) is 0 Å². The molecule has 0 aliphatic heterocycles. The second kappa shape index (κ2) is 16.2. The highest BCUT2D eigenvalue weighted by Gasteiger charge is 2.47. The van der Waals surface area contributed by atoms with Crippen LogP contribution in [0.3, 0.4) is 0 Å². The second-order valence-corrected chi connectivity index (χ2v) is 19.4. The van der Waals surface area contributed by atoms with Gasteiger partial charge in [-0.2, -0.15) is 0 Å². The van der Waals surface area contributed by atoms with Crippen LogP contribution in [0.2, 0.25) is 0 Å². The molecule has 1 aliphatic carbocycles. The van der Waals surface area contributed by atoms with E-state index in [4.69, 9.17) is 4.42 Å². The number of benzene rings is 11. The standard InChI is InChI=1S/C67H43NOS/c1-3-15-49(16-4-1)67(50-17-5-2-6-18-50)59-24-10-7-21-57(59)65-60(67)25-14-26-61(65)68(52-40-35-47(36-41-52)53-22-13-23-56-54-19-8-11-27-62(54)69-66(53)56)51-38-33-45(34-39-51)44-29-31-46(32-30-44)48-37-42-64-58(43-48)55-20-9-12-28-63(55)70-64/h1-43H. The second-order valence-electron chi connectivity index (χ2n) is 18.3. The highest BCUT2D eigenvalue weighted by Crippen LogP contribution is 2.59. The first-order valence-electron chi connectivity index (χ1n) is 24.0. The molecule has 2 heterocycles. The van der Waals surface area contributed by atoms with Crippen LogP contribution >= 0.6 is 11.3 Å². The molecule has 2 nitrogen and oxygen atoms in total. The average molecular weight is 910 g/mol. The lowest BCUT2D eigenvalue weighted by Gasteiger charge is -2.34. The quantitative estimate of drug-likeness (QED) is 0.151. The number of anilines is 3. The van der Waals surface area contributed by atoms with Crippen molar-refractivity contribution < 1.29 is 4.42 Å². The molecule has 0 spiro atoms. The summed E-state index contributed by atoms with van der Waals surface area (Å²) < 4.78 is 9.17. The summed E-state index contributed by atoms with van der Waals surface area (Å²) in [6.07, 6.45) is 0. The minimum Gasteiger partial charge on any atom is -0.455 e. The Bertz CT molecular complexity index is 4050. The van der Waals surface area contributed by atoms with E-state index in [1.165, 1.54) is 75.8 Å². The lowest BCUT2D eigenvalue weighted by molar-refractivity contribution is 0.670. The number of rotatable bonds is 8. The fourth-order valence-electron chi connectivity index (χ4n) is 11.4. The molecule has 11 aromatic carbocycles. The molecule has 0 atom stereocenters. The van der Waals surface area contributed by atoms with Gasteiger partial charge in [-0.3, -0.25) is 0 Å². The highest BCUT2D eigenvalue weighted by molar-refractivity contribution is 7.25. The van der Waals surface area contributed by atoms with E-state index in [2.05, 4.69) is 260 Å². The summed E-state index contributed by atoms with van der Waals surface area (Å²) in [6, 6.07) is 95.5. The van der Waals surface area contributed by atoms with E-state index in [1.54, 1.807) is 0 Å². The van der Waals surface area contributed by atoms with Crippen molar-refractivity contribution in [2.24, 2.45) is 0 Å². The van der Waals surface area contributed by atoms with Crippen molar-refractivity contribution >= 4 is 70.5 Å². The van der Waals surface area contributed by atoms with Gasteiger partial charge in [0.05, 0.1) is 11.1 Å². The molecule has 0 N–H and O–H groups in total. The van der Waals surface area contributed by atoms with E-state index in [1.807, 2.05) is 17.4 Å². The summed E-state index contributed by atoms with van der Waals surface area (Å²) in [6.45, 7) is 0. The molecule has 0 saturated heterocycles. The van der Waals surface area contributed by atoms with Gasteiger partial charge in [-0.15, -0.1) is 11.3 Å². The van der Waals surface area contributed by atoms with Crippen molar-refractivity contribution in [3.8, 4) is 44.5 Å². The van der Waals surface area contributed by atoms with E-state index < -0.39 is 5.41 Å². The number of hydrogen-bond acceptors (Lipinski definition) is 3. The first-order valence-corrected chi connectivity index (χ1v) is 24.8. The SMILES string of the molecule is c1ccc(C2(c3ccccc3)c3ccccc3-c3c(N(c4ccc(-c5ccc(-c6ccc7sc8ccccc8c7c6)cc5)cc4)c4ccc(-c5cccc6c5oc5ccccc56)cc4)cccc32)cc1. The predicted octanol–water partition coefficient (Wildman–Crippen LogP) is 18.8. The number of para-hydroxylation sites is 2. The first kappa shape index (κ1) is 40.3. The normalized spacial score (nSPS) is 12.7. The summed E-state index contributed by atoms with van der Waals surface area (Å²) in [5.41, 5.74) is 19.0. The van der Waals surface area contributed by atoms with Crippen LogP contribution in [0.25, 0.3) is 86.6 Å². The summed E-state index contributed by atoms with van der Waals surface area (Å²) >= 11 is 1.86. The fraction of sp³-hybridized carbons (Fsp3) is 0.0149. The Kier molecular flexibility index (Phi) is 9.33. The molecule has 0 radical (unpaired) electrons. The van der Waals surface area contributed by atoms with Gasteiger partial charge >= 0.3 is 0 Å². The first-order chi connectivity index (χ1) is 34.7. The maximum absolute atomic E-state index is 6.52. The topological polar surface area (TPSA) is 16.4 Å². The van der Waals surface area contributed by atoms with Gasteiger partial charge in [0, 0.05) is 53.4 Å². The van der Waals surface area contributed by atoms with Crippen molar-refractivity contribution in [2.75, 3.05) is 4.90 Å². The summed E-state index contributed by atoms with van der Waals surface area (Å²) in [4.78, 5) is 2.45. The highest BCUT2D eigenvalue weighted by atomic mass is 32.1. The molecule has 14 rings (SSSR count). The number of fused-ring (bicyclic) bond motifs is 9. The molecular formula is C67H43NOS. The van der Waals surface area contributed by atoms with Gasteiger partial charge in [-0.1, -0.05) is 206 Å². The van der Waals surface area contributed by atoms with E-state index >= 15 is 0 Å². The monoisotopic (exact) mass is 909 g/mol. The van der Waals surface area contributed by atoms with Crippen molar-refractivity contribution in [1.29, 1.82) is 0 Å². The zero-order valence-corrected chi connectivity index (χ0v) is 38.9. The largest absolute Gasteiger partial charge is 0.455 e. The molecule has 328 valence electrons. The Labute approximate surface area is 410 Å². The average Bonchev–Trinajstić information content (AvgIpc) is 4.11. The summed E-state index contributed by atoms with van der Waals surface area (Å²) in [5, 5.41) is 4.90. The van der Waals surface area contributed by atoms with Crippen molar-refractivity contribution in [2.45, 2.75) is 5.41 Å². The number of nitrogens with zero attached hydrogens (tertiary/aromatic N) is 1. The summed E-state index contributed by atoms with van der Waals surface area (Å²) in [5.74, 6) is 0. The predicted molar refractivity (Wildman–Crippen MR) is 295 cm³/mol. The molecule has 13 aromatic rings. The number of hydrogen-bond donors (Lipinski definition) is 0. The van der Waals surface area contributed by atoms with Crippen LogP contribution in [0.1, 0.15) is 22.3 Å². The van der Waals surface area contributed by atoms with E-state index in [-0.39, 0.29) is 0 Å². The fourth-order valence-corrected chi connectivity index (χ4v) is 12.5. The van der Waals surface area contributed by atoms with Crippen LogP contribution in [-0.2, 0) is 5.41 Å². The smallest absolute Gasteiger partial charge is 0.143 e. The van der Waals surface area contributed by atoms with Crippen LogP contribution in [0.5, 0.6) is 0 Å². The zero-order valence-electron chi connectivity index (χ0n) is 38.1. The van der Waals surface area contributed by atoms with Gasteiger partial charge in [0.15, 0.2) is 0 Å². The Balaban J connectivity index is 0.904. The summed E-state index contributed by atoms with van der Waals surface area (Å²) in [7, 11) is 0. The Morgan fingerprint density at radius 1 is 0.343 bits per heavy atom. The lowest BCUT2D eigenvalue weighted by Crippen LogP contribution is -2.28. The Hall–Kier alpha value is -8.76. The van der Waals surface area contributed by atoms with E-state index in [0.29, 0.717) is 0 Å². The maximum atomic E-state index is 6.52. The number of furan rings is 1. The molecule has 1 aliphatic rings. The third-order valence-corrected chi connectivity index (χ3v) is 15.7. The van der Waals surface area contributed by atoms with E-state index in [0.717, 1.165) is 50.1 Å². The number of thiophene rings is 1. The van der Waals surface area contributed by atoms with Crippen LogP contribution in [-0.4, -0.2) is 0 Å². The molecular weight excluding hydrogens is 867 g/mol. The van der Waals surface area contributed by atoms with Gasteiger partial charge in [0.1, 0.15) is 11.2 Å². The van der Waals surface area contributed by atoms with Gasteiger partial charge < -0.3 is 9.32 Å². The van der Waals surface area contributed by atoms with Crippen LogP contribution in [0, 0.1) is 0 Å². The van der Waals surface area contributed by atoms with E-state index in [9.17, 15) is 0 Å². The molecule has 0 fully saturated rings. The van der Waals surface area contributed by atoms with Gasteiger partial charge in [0.25, 0.3) is 0 Å². The van der Waals surface area contributed by atoms with Gasteiger partial charge in [-0.05, 0) is 110 Å². The Morgan fingerprint density at radius 2 is 0.857 bits per heavy atom. The lowest BCUT2D eigenvalue weighted by atomic mass is 9.68. The molecule has 0 bridgehead atoms. The molecule has 70 heavy (non-hydrogen) atoms. The zero-order chi connectivity index (χ0) is 46.2. The Morgan fingerprint density at radius 3 is 1.59 bits per heavy atom. The maximum Gasteiger partial charge on any atom is 0.143 e. The molecule has 3 heteroatoms.